The molecule has 2 aromatic carbocycles. The van der Waals surface area contributed by atoms with Gasteiger partial charge in [0.25, 0.3) is 0 Å². The van der Waals surface area contributed by atoms with Gasteiger partial charge in [0, 0.05) is 24.7 Å². The van der Waals surface area contributed by atoms with E-state index in [0.717, 1.165) is 12.8 Å². The summed E-state index contributed by atoms with van der Waals surface area (Å²) in [6.45, 7) is 3.03. The van der Waals surface area contributed by atoms with Crippen LogP contribution in [0.5, 0.6) is 11.5 Å². The Bertz CT molecular complexity index is 1090. The van der Waals surface area contributed by atoms with Crippen LogP contribution in [0.25, 0.3) is 22.0 Å². The number of hydrogen-bond donors (Lipinski definition) is 2. The Morgan fingerprint density at radius 3 is 2.61 bits per heavy atom. The number of aromatic nitrogens is 1. The average Bonchev–Trinajstić information content (AvgIpc) is 2.78. The Balaban J connectivity index is 1.75. The zero-order valence-electron chi connectivity index (χ0n) is 17.8. The maximum atomic E-state index is 14.5. The molecule has 1 amide bonds. The van der Waals surface area contributed by atoms with Crippen molar-refractivity contribution in [2.24, 2.45) is 0 Å². The first-order valence-electron chi connectivity index (χ1n) is 10.4. The first-order chi connectivity index (χ1) is 15.0. The predicted octanol–water partition coefficient (Wildman–Crippen LogP) is 4.42. The first-order valence-corrected chi connectivity index (χ1v) is 10.4. The highest BCUT2D eigenvalue weighted by atomic mass is 19.1. The smallest absolute Gasteiger partial charge is 0.220 e. The number of nitrogens with one attached hydrogen (secondary N) is 2. The number of halogens is 1. The Morgan fingerprint density at radius 2 is 1.90 bits per heavy atom. The van der Waals surface area contributed by atoms with Crippen molar-refractivity contribution in [2.45, 2.75) is 32.6 Å². The van der Waals surface area contributed by atoms with E-state index in [1.54, 1.807) is 37.6 Å². The molecule has 6 nitrogen and oxygen atoms in total. The Morgan fingerprint density at radius 1 is 1.13 bits per heavy atom. The molecule has 31 heavy (non-hydrogen) atoms. The van der Waals surface area contributed by atoms with E-state index < -0.39 is 11.2 Å². The molecule has 0 saturated heterocycles. The van der Waals surface area contributed by atoms with Gasteiger partial charge in [0.15, 0.2) is 5.43 Å². The summed E-state index contributed by atoms with van der Waals surface area (Å²) < 4.78 is 25.4. The second-order valence-corrected chi connectivity index (χ2v) is 7.21. The van der Waals surface area contributed by atoms with Gasteiger partial charge in [-0.15, -0.1) is 0 Å². The van der Waals surface area contributed by atoms with E-state index in [1.807, 2.05) is 0 Å². The maximum absolute atomic E-state index is 14.5. The number of fused-ring (bicyclic) bond motifs is 1. The molecule has 3 rings (SSSR count). The number of pyridine rings is 1. The van der Waals surface area contributed by atoms with Crippen LogP contribution in [-0.4, -0.2) is 31.2 Å². The lowest BCUT2D eigenvalue weighted by molar-refractivity contribution is -0.121. The number of hydrogen-bond acceptors (Lipinski definition) is 4. The third-order valence-corrected chi connectivity index (χ3v) is 5.01. The lowest BCUT2D eigenvalue weighted by Crippen LogP contribution is -2.24. The first kappa shape index (κ1) is 22.3. The van der Waals surface area contributed by atoms with E-state index in [2.05, 4.69) is 17.2 Å². The number of carbonyl (C=O) groups excluding carboxylic acids is 1. The van der Waals surface area contributed by atoms with Crippen molar-refractivity contribution < 1.29 is 18.7 Å². The standard InChI is InChI=1S/C24H27FN2O4/c1-3-4-13-26-21(28)6-5-14-31-20-12-11-19(25)22-23(20)27-15-18(24(22)29)16-7-9-17(30-2)10-8-16/h7-12,15H,3-6,13-14H2,1-2H3,(H,26,28)(H,27,29). The summed E-state index contributed by atoms with van der Waals surface area (Å²) in [5.41, 5.74) is 0.894. The van der Waals surface area contributed by atoms with Crippen LogP contribution in [-0.2, 0) is 4.79 Å². The molecule has 0 spiro atoms. The number of methoxy groups -OCH3 is 1. The number of unbranched alkanes of at least 4 members (excludes halogenated alkanes) is 1. The molecule has 2 N–H and O–H groups in total. The highest BCUT2D eigenvalue weighted by molar-refractivity contribution is 5.88. The number of rotatable bonds is 10. The van der Waals surface area contributed by atoms with Crippen LogP contribution < -0.4 is 20.2 Å². The highest BCUT2D eigenvalue weighted by Gasteiger charge is 2.15. The van der Waals surface area contributed by atoms with Crippen molar-refractivity contribution in [1.29, 1.82) is 0 Å². The molecular formula is C24H27FN2O4. The molecule has 164 valence electrons. The van der Waals surface area contributed by atoms with Crippen molar-refractivity contribution in [3.63, 3.8) is 0 Å². The van der Waals surface area contributed by atoms with Crippen LogP contribution >= 0.6 is 0 Å². The van der Waals surface area contributed by atoms with E-state index >= 15 is 0 Å². The van der Waals surface area contributed by atoms with Crippen LogP contribution in [0.15, 0.2) is 47.4 Å². The molecule has 1 heterocycles. The highest BCUT2D eigenvalue weighted by Crippen LogP contribution is 2.27. The largest absolute Gasteiger partial charge is 0.497 e. The number of ether oxygens (including phenoxy) is 2. The van der Waals surface area contributed by atoms with Gasteiger partial charge < -0.3 is 19.8 Å². The van der Waals surface area contributed by atoms with Gasteiger partial charge in [-0.2, -0.15) is 0 Å². The summed E-state index contributed by atoms with van der Waals surface area (Å²) in [6, 6.07) is 9.70. The topological polar surface area (TPSA) is 80.4 Å². The number of H-pyrrole nitrogens is 1. The van der Waals surface area contributed by atoms with Crippen molar-refractivity contribution in [3.8, 4) is 22.6 Å². The van der Waals surface area contributed by atoms with E-state index in [0.29, 0.717) is 47.5 Å². The van der Waals surface area contributed by atoms with E-state index in [4.69, 9.17) is 9.47 Å². The summed E-state index contributed by atoms with van der Waals surface area (Å²) in [5, 5.41) is 2.80. The predicted molar refractivity (Wildman–Crippen MR) is 119 cm³/mol. The van der Waals surface area contributed by atoms with E-state index in [1.165, 1.54) is 12.1 Å². The van der Waals surface area contributed by atoms with Gasteiger partial charge in [-0.1, -0.05) is 25.5 Å². The SMILES string of the molecule is CCCCNC(=O)CCCOc1ccc(F)c2c(=O)c(-c3ccc(OC)cc3)c[nH]c12. The lowest BCUT2D eigenvalue weighted by atomic mass is 10.0. The summed E-state index contributed by atoms with van der Waals surface area (Å²) in [4.78, 5) is 27.8. The van der Waals surface area contributed by atoms with Gasteiger partial charge in [-0.3, -0.25) is 9.59 Å². The van der Waals surface area contributed by atoms with Gasteiger partial charge in [0.2, 0.25) is 5.91 Å². The van der Waals surface area contributed by atoms with Crippen molar-refractivity contribution >= 4 is 16.8 Å². The number of carbonyl (C=O) groups is 1. The molecule has 3 aromatic rings. The fourth-order valence-electron chi connectivity index (χ4n) is 3.28. The molecule has 0 atom stereocenters. The fourth-order valence-corrected chi connectivity index (χ4v) is 3.28. The fraction of sp³-hybridized carbons (Fsp3) is 0.333. The molecule has 0 radical (unpaired) electrons. The van der Waals surface area contributed by atoms with Gasteiger partial charge in [0.1, 0.15) is 17.3 Å². The third kappa shape index (κ3) is 5.42. The molecule has 1 aromatic heterocycles. The molecular weight excluding hydrogens is 399 g/mol. The zero-order valence-corrected chi connectivity index (χ0v) is 17.8. The zero-order chi connectivity index (χ0) is 22.2. The van der Waals surface area contributed by atoms with E-state index in [9.17, 15) is 14.0 Å². The van der Waals surface area contributed by atoms with Gasteiger partial charge in [-0.05, 0) is 42.7 Å². The third-order valence-electron chi connectivity index (χ3n) is 5.01. The minimum Gasteiger partial charge on any atom is -0.497 e. The number of benzene rings is 2. The Labute approximate surface area is 180 Å². The molecule has 0 saturated carbocycles. The molecule has 0 fully saturated rings. The summed E-state index contributed by atoms with van der Waals surface area (Å²) in [5.74, 6) is 0.413. The quantitative estimate of drug-likeness (QED) is 0.471. The Hall–Kier alpha value is -3.35. The summed E-state index contributed by atoms with van der Waals surface area (Å²) >= 11 is 0. The lowest BCUT2D eigenvalue weighted by Gasteiger charge is -2.11. The molecule has 0 aliphatic carbocycles. The average molecular weight is 426 g/mol. The van der Waals surface area contributed by atoms with Crippen LogP contribution in [0.1, 0.15) is 32.6 Å². The van der Waals surface area contributed by atoms with Crippen molar-refractivity contribution in [3.05, 3.63) is 58.6 Å². The molecule has 0 bridgehead atoms. The normalized spacial score (nSPS) is 10.8. The maximum Gasteiger partial charge on any atom is 0.220 e. The van der Waals surface area contributed by atoms with Crippen LogP contribution in [0.4, 0.5) is 4.39 Å². The molecule has 0 aliphatic heterocycles. The van der Waals surface area contributed by atoms with Crippen LogP contribution in [0, 0.1) is 5.82 Å². The monoisotopic (exact) mass is 426 g/mol. The van der Waals surface area contributed by atoms with Crippen LogP contribution in [0.2, 0.25) is 0 Å². The second kappa shape index (κ2) is 10.6. The molecule has 0 aliphatic rings. The number of amides is 1. The van der Waals surface area contributed by atoms with Crippen molar-refractivity contribution in [1.82, 2.24) is 10.3 Å². The van der Waals surface area contributed by atoms with Gasteiger partial charge >= 0.3 is 0 Å². The van der Waals surface area contributed by atoms with E-state index in [-0.39, 0.29) is 17.9 Å². The summed E-state index contributed by atoms with van der Waals surface area (Å²) in [7, 11) is 1.56. The van der Waals surface area contributed by atoms with Gasteiger partial charge in [0.05, 0.1) is 24.6 Å². The molecule has 7 heteroatoms. The van der Waals surface area contributed by atoms with Gasteiger partial charge in [-0.25, -0.2) is 4.39 Å². The molecule has 0 unspecified atom stereocenters. The second-order valence-electron chi connectivity index (χ2n) is 7.21. The summed E-state index contributed by atoms with van der Waals surface area (Å²) in [6.07, 6.45) is 4.40. The minimum absolute atomic E-state index is 0.0152. The van der Waals surface area contributed by atoms with Crippen LogP contribution in [0.3, 0.4) is 0 Å². The Kier molecular flexibility index (Phi) is 7.65. The number of aromatic amines is 1. The minimum atomic E-state index is -0.616. The van der Waals surface area contributed by atoms with Crippen molar-refractivity contribution in [2.75, 3.05) is 20.3 Å².